The number of benzene rings is 1. The van der Waals surface area contributed by atoms with Gasteiger partial charge in [-0.15, -0.1) is 0 Å². The third-order valence-corrected chi connectivity index (χ3v) is 3.19. The summed E-state index contributed by atoms with van der Waals surface area (Å²) in [5.74, 6) is 0.666. The molecule has 17 heavy (non-hydrogen) atoms. The Kier molecular flexibility index (Phi) is 5.09. The van der Waals surface area contributed by atoms with Crippen LogP contribution in [0.15, 0.2) is 18.2 Å². The topological polar surface area (TPSA) is 72.2 Å². The Balaban J connectivity index is 2.53. The lowest BCUT2D eigenvalue weighted by Gasteiger charge is -2.06. The highest BCUT2D eigenvalue weighted by molar-refractivity contribution is 7.84. The van der Waals surface area contributed by atoms with Crippen LogP contribution in [0, 0.1) is 17.0 Å². The van der Waals surface area contributed by atoms with Crippen LogP contribution in [-0.2, 0) is 10.8 Å². The first-order valence-electron chi connectivity index (χ1n) is 5.29. The molecule has 1 rings (SSSR count). The number of hydrogen-bond donors (Lipinski definition) is 1. The van der Waals surface area contributed by atoms with Crippen LogP contribution in [0.4, 0.5) is 11.4 Å². The van der Waals surface area contributed by atoms with Crippen molar-refractivity contribution in [1.29, 1.82) is 0 Å². The van der Waals surface area contributed by atoms with Crippen molar-refractivity contribution in [3.8, 4) is 0 Å². The van der Waals surface area contributed by atoms with Gasteiger partial charge in [0.05, 0.1) is 4.92 Å². The van der Waals surface area contributed by atoms with Gasteiger partial charge in [-0.3, -0.25) is 14.3 Å². The van der Waals surface area contributed by atoms with Crippen LogP contribution >= 0.6 is 0 Å². The molecule has 5 nitrogen and oxygen atoms in total. The predicted octanol–water partition coefficient (Wildman–Crippen LogP) is 2.08. The number of aryl methyl sites for hydroxylation is 1. The molecule has 6 heteroatoms. The van der Waals surface area contributed by atoms with E-state index in [0.717, 1.165) is 18.7 Å². The van der Waals surface area contributed by atoms with Gasteiger partial charge in [-0.2, -0.15) is 0 Å². The average molecular weight is 256 g/mol. The molecule has 94 valence electrons. The molecular formula is C11H16N2O3S. The first kappa shape index (κ1) is 13.6. The van der Waals surface area contributed by atoms with Crippen LogP contribution in [0.25, 0.3) is 0 Å². The van der Waals surface area contributed by atoms with E-state index < -0.39 is 10.8 Å². The van der Waals surface area contributed by atoms with Crippen molar-refractivity contribution in [3.05, 3.63) is 33.9 Å². The average Bonchev–Trinajstić information content (AvgIpc) is 2.23. The molecule has 0 heterocycles. The molecule has 1 aromatic rings. The molecule has 0 aliphatic carbocycles. The number of nitrogens with zero attached hydrogens (tertiary/aromatic N) is 1. The van der Waals surface area contributed by atoms with Crippen molar-refractivity contribution in [1.82, 2.24) is 0 Å². The van der Waals surface area contributed by atoms with Crippen molar-refractivity contribution in [2.45, 2.75) is 13.3 Å². The minimum Gasteiger partial charge on any atom is -0.385 e. The molecule has 1 unspecified atom stereocenters. The second-order valence-electron chi connectivity index (χ2n) is 3.82. The van der Waals surface area contributed by atoms with Gasteiger partial charge in [-0.05, 0) is 25.5 Å². The molecule has 1 aromatic carbocycles. The van der Waals surface area contributed by atoms with Crippen LogP contribution in [0.2, 0.25) is 0 Å². The SMILES string of the molecule is Cc1cc(NCCCS(C)=O)ccc1[N+](=O)[O-]. The molecule has 1 N–H and O–H groups in total. The molecule has 0 aliphatic heterocycles. The molecule has 0 radical (unpaired) electrons. The molecule has 0 saturated heterocycles. The van der Waals surface area contributed by atoms with Gasteiger partial charge >= 0.3 is 0 Å². The fourth-order valence-electron chi connectivity index (χ4n) is 1.48. The zero-order valence-electron chi connectivity index (χ0n) is 9.93. The number of nitrogens with one attached hydrogen (secondary N) is 1. The molecule has 0 spiro atoms. The number of anilines is 1. The Morgan fingerprint density at radius 2 is 2.18 bits per heavy atom. The fraction of sp³-hybridized carbons (Fsp3) is 0.455. The number of nitro benzene ring substituents is 1. The molecule has 0 bridgehead atoms. The van der Waals surface area contributed by atoms with Crippen molar-refractivity contribution in [2.24, 2.45) is 0 Å². The maximum Gasteiger partial charge on any atom is 0.272 e. The quantitative estimate of drug-likeness (QED) is 0.480. The van der Waals surface area contributed by atoms with E-state index in [1.807, 2.05) is 0 Å². The lowest BCUT2D eigenvalue weighted by atomic mass is 10.2. The van der Waals surface area contributed by atoms with Crippen LogP contribution in [0.3, 0.4) is 0 Å². The molecule has 0 fully saturated rings. The smallest absolute Gasteiger partial charge is 0.272 e. The second kappa shape index (κ2) is 6.34. The van der Waals surface area contributed by atoms with E-state index in [1.165, 1.54) is 6.07 Å². The molecular weight excluding hydrogens is 240 g/mol. The summed E-state index contributed by atoms with van der Waals surface area (Å²) >= 11 is 0. The standard InChI is InChI=1S/C11H16N2O3S/c1-9-8-10(4-5-11(9)13(14)15)12-6-3-7-17(2)16/h4-5,8,12H,3,6-7H2,1-2H3. The van der Waals surface area contributed by atoms with Gasteiger partial charge in [0.2, 0.25) is 0 Å². The zero-order chi connectivity index (χ0) is 12.8. The molecule has 0 aromatic heterocycles. The van der Waals surface area contributed by atoms with Gasteiger partial charge in [0.25, 0.3) is 5.69 Å². The number of nitro groups is 1. The Morgan fingerprint density at radius 1 is 1.47 bits per heavy atom. The van der Waals surface area contributed by atoms with Crippen LogP contribution < -0.4 is 5.32 Å². The van der Waals surface area contributed by atoms with Gasteiger partial charge < -0.3 is 5.32 Å². The van der Waals surface area contributed by atoms with Gasteiger partial charge in [0, 0.05) is 46.7 Å². The highest BCUT2D eigenvalue weighted by Crippen LogP contribution is 2.21. The fourth-order valence-corrected chi connectivity index (χ4v) is 2.03. The van der Waals surface area contributed by atoms with E-state index >= 15 is 0 Å². The largest absolute Gasteiger partial charge is 0.385 e. The number of hydrogen-bond acceptors (Lipinski definition) is 4. The maximum absolute atomic E-state index is 10.8. The predicted molar refractivity (Wildman–Crippen MR) is 69.9 cm³/mol. The summed E-state index contributed by atoms with van der Waals surface area (Å²) in [6, 6.07) is 4.94. The summed E-state index contributed by atoms with van der Waals surface area (Å²) in [7, 11) is -0.767. The Morgan fingerprint density at radius 3 is 2.71 bits per heavy atom. The Hall–Kier alpha value is -1.43. The Labute approximate surface area is 103 Å². The summed E-state index contributed by atoms with van der Waals surface area (Å²) in [6.45, 7) is 2.43. The zero-order valence-corrected chi connectivity index (χ0v) is 10.8. The van der Waals surface area contributed by atoms with Crippen molar-refractivity contribution < 1.29 is 9.13 Å². The third-order valence-electron chi connectivity index (χ3n) is 2.33. The van der Waals surface area contributed by atoms with Crippen LogP contribution in [-0.4, -0.2) is 27.7 Å². The highest BCUT2D eigenvalue weighted by atomic mass is 32.2. The van der Waals surface area contributed by atoms with E-state index in [0.29, 0.717) is 11.3 Å². The van der Waals surface area contributed by atoms with E-state index in [2.05, 4.69) is 5.32 Å². The first-order chi connectivity index (χ1) is 8.00. The monoisotopic (exact) mass is 256 g/mol. The summed E-state index contributed by atoms with van der Waals surface area (Å²) in [5, 5.41) is 13.8. The summed E-state index contributed by atoms with van der Waals surface area (Å²) in [4.78, 5) is 10.2. The maximum atomic E-state index is 10.8. The van der Waals surface area contributed by atoms with Crippen molar-refractivity contribution >= 4 is 22.2 Å². The van der Waals surface area contributed by atoms with Crippen LogP contribution in [0.5, 0.6) is 0 Å². The van der Waals surface area contributed by atoms with Gasteiger partial charge in [0.15, 0.2) is 0 Å². The van der Waals surface area contributed by atoms with Crippen molar-refractivity contribution in [2.75, 3.05) is 23.9 Å². The Bertz CT molecular complexity index is 435. The van der Waals surface area contributed by atoms with Gasteiger partial charge in [-0.1, -0.05) is 0 Å². The first-order valence-corrected chi connectivity index (χ1v) is 7.02. The third kappa shape index (κ3) is 4.52. The lowest BCUT2D eigenvalue weighted by Crippen LogP contribution is -2.06. The second-order valence-corrected chi connectivity index (χ2v) is 5.37. The summed E-state index contributed by atoms with van der Waals surface area (Å²) < 4.78 is 10.8. The van der Waals surface area contributed by atoms with Gasteiger partial charge in [0.1, 0.15) is 0 Å². The normalized spacial score (nSPS) is 12.1. The minimum absolute atomic E-state index is 0.130. The number of rotatable bonds is 6. The highest BCUT2D eigenvalue weighted by Gasteiger charge is 2.09. The molecule has 1 atom stereocenters. The van der Waals surface area contributed by atoms with E-state index in [-0.39, 0.29) is 10.6 Å². The minimum atomic E-state index is -0.767. The van der Waals surface area contributed by atoms with Crippen molar-refractivity contribution in [3.63, 3.8) is 0 Å². The van der Waals surface area contributed by atoms with E-state index in [9.17, 15) is 14.3 Å². The van der Waals surface area contributed by atoms with E-state index in [1.54, 1.807) is 25.3 Å². The summed E-state index contributed by atoms with van der Waals surface area (Å²) in [5.41, 5.74) is 1.62. The van der Waals surface area contributed by atoms with E-state index in [4.69, 9.17) is 0 Å². The van der Waals surface area contributed by atoms with Crippen LogP contribution in [0.1, 0.15) is 12.0 Å². The molecule has 0 amide bonds. The lowest BCUT2D eigenvalue weighted by molar-refractivity contribution is -0.385. The summed E-state index contributed by atoms with van der Waals surface area (Å²) in [6.07, 6.45) is 2.50. The molecule has 0 aliphatic rings. The van der Waals surface area contributed by atoms with Gasteiger partial charge in [-0.25, -0.2) is 0 Å². The molecule has 0 saturated carbocycles.